The van der Waals surface area contributed by atoms with Crippen molar-refractivity contribution >= 4 is 32.6 Å². The van der Waals surface area contributed by atoms with Crippen LogP contribution in [0, 0.1) is 0 Å². The number of likely N-dealkylation sites (N-methyl/N-ethyl adjacent to an activating group) is 1. The molecular weight excluding hydrogens is 498 g/mol. The quantitative estimate of drug-likeness (QED) is 0.407. The smallest absolute Gasteiger partial charge is 0.243 e. The van der Waals surface area contributed by atoms with Crippen molar-refractivity contribution in [1.29, 1.82) is 0 Å². The van der Waals surface area contributed by atoms with E-state index >= 15 is 0 Å². The molecule has 0 heterocycles. The lowest BCUT2D eigenvalue weighted by molar-refractivity contribution is -0.141. The maximum absolute atomic E-state index is 13.7. The van der Waals surface area contributed by atoms with Gasteiger partial charge in [0, 0.05) is 19.6 Å². The first-order chi connectivity index (χ1) is 18.3. The van der Waals surface area contributed by atoms with Crippen molar-refractivity contribution in [2.45, 2.75) is 69.0 Å². The summed E-state index contributed by atoms with van der Waals surface area (Å²) in [5.74, 6) is -0.588. The van der Waals surface area contributed by atoms with E-state index in [4.69, 9.17) is 0 Å². The summed E-state index contributed by atoms with van der Waals surface area (Å²) in [5.41, 5.74) is 0.879. The Kier molecular flexibility index (Phi) is 9.17. The fourth-order valence-electron chi connectivity index (χ4n) is 5.12. The maximum Gasteiger partial charge on any atom is 0.243 e. The lowest BCUT2D eigenvalue weighted by Crippen LogP contribution is -2.53. The lowest BCUT2D eigenvalue weighted by atomic mass is 9.95. The summed E-state index contributed by atoms with van der Waals surface area (Å²) in [4.78, 5) is 28.7. The normalized spacial score (nSPS) is 15.3. The van der Waals surface area contributed by atoms with Crippen LogP contribution in [0.15, 0.2) is 77.7 Å². The molecule has 0 spiro atoms. The first-order valence-electron chi connectivity index (χ1n) is 13.4. The van der Waals surface area contributed by atoms with Crippen molar-refractivity contribution in [2.24, 2.45) is 0 Å². The summed E-state index contributed by atoms with van der Waals surface area (Å²) in [7, 11) is -2.51. The number of hydrogen-bond donors (Lipinski definition) is 1. The molecule has 1 saturated carbocycles. The average Bonchev–Trinajstić information content (AvgIpc) is 2.93. The van der Waals surface area contributed by atoms with E-state index in [9.17, 15) is 18.0 Å². The molecule has 3 aromatic carbocycles. The van der Waals surface area contributed by atoms with Gasteiger partial charge in [0.2, 0.25) is 21.8 Å². The Morgan fingerprint density at radius 2 is 1.58 bits per heavy atom. The van der Waals surface area contributed by atoms with Crippen molar-refractivity contribution in [1.82, 2.24) is 14.5 Å². The molecule has 0 aliphatic heterocycles. The number of carbonyl (C=O) groups excluding carboxylic acids is 2. The number of rotatable bonds is 10. The molecule has 2 amide bonds. The Morgan fingerprint density at radius 3 is 2.26 bits per heavy atom. The molecule has 4 rings (SSSR count). The van der Waals surface area contributed by atoms with Gasteiger partial charge in [0.05, 0.1) is 11.4 Å². The van der Waals surface area contributed by atoms with Crippen LogP contribution in [0.3, 0.4) is 0 Å². The Morgan fingerprint density at radius 1 is 0.921 bits per heavy atom. The number of nitrogens with zero attached hydrogens (tertiary/aromatic N) is 2. The van der Waals surface area contributed by atoms with E-state index in [0.717, 1.165) is 46.3 Å². The van der Waals surface area contributed by atoms with Gasteiger partial charge in [-0.2, -0.15) is 4.31 Å². The van der Waals surface area contributed by atoms with Crippen LogP contribution in [0.2, 0.25) is 0 Å². The summed E-state index contributed by atoms with van der Waals surface area (Å²) < 4.78 is 27.9. The second kappa shape index (κ2) is 12.5. The van der Waals surface area contributed by atoms with Gasteiger partial charge in [0.15, 0.2) is 0 Å². The number of amides is 2. The topological polar surface area (TPSA) is 86.8 Å². The molecule has 1 fully saturated rings. The standard InChI is InChI=1S/C30H37N3O4S/c1-3-28(30(35)31-26-16-8-5-9-17-26)33(21-23-12-6-4-7-13-23)29(34)22-32(2)38(36,37)27-19-18-24-14-10-11-15-25(24)20-27/h4,6-7,10-15,18-20,26,28H,3,5,8-9,16-17,21-22H2,1-2H3,(H,31,35)/t28-/m1/s1. The Bertz CT molecular complexity index is 1350. The van der Waals surface area contributed by atoms with Crippen molar-refractivity contribution < 1.29 is 18.0 Å². The van der Waals surface area contributed by atoms with Gasteiger partial charge >= 0.3 is 0 Å². The zero-order valence-electron chi connectivity index (χ0n) is 22.2. The first-order valence-corrected chi connectivity index (χ1v) is 14.8. The second-order valence-electron chi connectivity index (χ2n) is 10.0. The van der Waals surface area contributed by atoms with Crippen molar-refractivity contribution in [3.8, 4) is 0 Å². The lowest BCUT2D eigenvalue weighted by Gasteiger charge is -2.33. The van der Waals surface area contributed by atoms with Crippen LogP contribution >= 0.6 is 0 Å². The summed E-state index contributed by atoms with van der Waals surface area (Å²) >= 11 is 0. The van der Waals surface area contributed by atoms with Gasteiger partial charge < -0.3 is 10.2 Å². The van der Waals surface area contributed by atoms with Gasteiger partial charge in [-0.05, 0) is 47.7 Å². The highest BCUT2D eigenvalue weighted by molar-refractivity contribution is 7.89. The molecule has 1 atom stereocenters. The summed E-state index contributed by atoms with van der Waals surface area (Å²) in [6, 6.07) is 21.4. The third kappa shape index (κ3) is 6.60. The largest absolute Gasteiger partial charge is 0.352 e. The van der Waals surface area contributed by atoms with Gasteiger partial charge in [0.25, 0.3) is 0 Å². The first kappa shape index (κ1) is 27.8. The number of nitrogens with one attached hydrogen (secondary N) is 1. The third-order valence-corrected chi connectivity index (χ3v) is 9.12. The molecule has 8 heteroatoms. The van der Waals surface area contributed by atoms with Gasteiger partial charge in [-0.15, -0.1) is 0 Å². The molecule has 1 aliphatic carbocycles. The van der Waals surface area contributed by atoms with E-state index in [1.54, 1.807) is 18.2 Å². The molecule has 7 nitrogen and oxygen atoms in total. The van der Waals surface area contributed by atoms with Gasteiger partial charge in [-0.3, -0.25) is 9.59 Å². The summed E-state index contributed by atoms with van der Waals surface area (Å²) in [6.45, 7) is 1.74. The molecule has 1 aliphatic rings. The third-order valence-electron chi connectivity index (χ3n) is 7.32. The van der Waals surface area contributed by atoms with Crippen LogP contribution in [0.1, 0.15) is 51.0 Å². The van der Waals surface area contributed by atoms with E-state index in [0.29, 0.717) is 6.42 Å². The molecule has 0 saturated heterocycles. The number of hydrogen-bond acceptors (Lipinski definition) is 4. The van der Waals surface area contributed by atoms with Crippen molar-refractivity contribution in [2.75, 3.05) is 13.6 Å². The summed E-state index contributed by atoms with van der Waals surface area (Å²) in [6.07, 6.45) is 5.68. The Balaban J connectivity index is 1.55. The minimum atomic E-state index is -3.92. The fraction of sp³-hybridized carbons (Fsp3) is 0.400. The molecule has 0 radical (unpaired) electrons. The number of benzene rings is 3. The van der Waals surface area contributed by atoms with E-state index in [1.165, 1.54) is 18.4 Å². The molecule has 3 aromatic rings. The predicted molar refractivity (Wildman–Crippen MR) is 150 cm³/mol. The van der Waals surface area contributed by atoms with Gasteiger partial charge in [0.1, 0.15) is 6.04 Å². The van der Waals surface area contributed by atoms with E-state index < -0.39 is 22.0 Å². The maximum atomic E-state index is 13.7. The molecule has 0 bridgehead atoms. The minimum absolute atomic E-state index is 0.120. The van der Waals surface area contributed by atoms with Crippen molar-refractivity contribution in [3.63, 3.8) is 0 Å². The molecule has 38 heavy (non-hydrogen) atoms. The average molecular weight is 536 g/mol. The SMILES string of the molecule is CC[C@H](C(=O)NC1CCCCC1)N(Cc1ccccc1)C(=O)CN(C)S(=O)(=O)c1ccc2ccccc2c1. The van der Waals surface area contributed by atoms with E-state index in [1.807, 2.05) is 61.5 Å². The number of carbonyl (C=O) groups is 2. The summed E-state index contributed by atoms with van der Waals surface area (Å²) in [5, 5.41) is 4.90. The molecule has 0 unspecified atom stereocenters. The van der Waals surface area contributed by atoms with E-state index in [2.05, 4.69) is 5.32 Å². The molecular formula is C30H37N3O4S. The highest BCUT2D eigenvalue weighted by Crippen LogP contribution is 2.23. The zero-order valence-corrected chi connectivity index (χ0v) is 23.0. The van der Waals surface area contributed by atoms with Crippen LogP contribution in [0.25, 0.3) is 10.8 Å². The van der Waals surface area contributed by atoms with Gasteiger partial charge in [-0.25, -0.2) is 8.42 Å². The Hall–Kier alpha value is -3.23. The van der Waals surface area contributed by atoms with Gasteiger partial charge in [-0.1, -0.05) is 86.8 Å². The second-order valence-corrected chi connectivity index (χ2v) is 12.1. The minimum Gasteiger partial charge on any atom is -0.352 e. The number of sulfonamides is 1. The van der Waals surface area contributed by atoms with Crippen LogP contribution in [-0.4, -0.2) is 55.1 Å². The predicted octanol–water partition coefficient (Wildman–Crippen LogP) is 4.72. The molecule has 1 N–H and O–H groups in total. The Labute approximate surface area is 225 Å². The van der Waals surface area contributed by atoms with E-state index in [-0.39, 0.29) is 29.9 Å². The van der Waals surface area contributed by atoms with Crippen molar-refractivity contribution in [3.05, 3.63) is 78.4 Å². The highest BCUT2D eigenvalue weighted by atomic mass is 32.2. The van der Waals surface area contributed by atoms with Crippen LogP contribution in [0.4, 0.5) is 0 Å². The van der Waals surface area contributed by atoms with Crippen LogP contribution in [0.5, 0.6) is 0 Å². The highest BCUT2D eigenvalue weighted by Gasteiger charge is 2.32. The fourth-order valence-corrected chi connectivity index (χ4v) is 6.27. The molecule has 0 aromatic heterocycles. The monoisotopic (exact) mass is 535 g/mol. The van der Waals surface area contributed by atoms with Crippen LogP contribution < -0.4 is 5.32 Å². The zero-order chi connectivity index (χ0) is 27.1. The number of fused-ring (bicyclic) bond motifs is 1. The molecule has 202 valence electrons. The van der Waals surface area contributed by atoms with Crippen LogP contribution in [-0.2, 0) is 26.2 Å².